The number of benzene rings is 1. The molecule has 1 aromatic rings. The Kier molecular flexibility index (Phi) is 4.30. The number of carbonyl (C=O) groups excluding carboxylic acids is 1. The van der Waals surface area contributed by atoms with Crippen LogP contribution in [0.25, 0.3) is 0 Å². The number of rotatable bonds is 3. The Morgan fingerprint density at radius 1 is 1.47 bits per heavy atom. The lowest BCUT2D eigenvalue weighted by atomic mass is 10.0. The first kappa shape index (κ1) is 13.7. The van der Waals surface area contributed by atoms with Crippen LogP contribution in [0.5, 0.6) is 0 Å². The maximum atomic E-state index is 11.4. The fraction of sp³-hybridized carbons (Fsp3) is 0.533. The molecule has 0 spiro atoms. The zero-order valence-corrected chi connectivity index (χ0v) is 11.8. The van der Waals surface area contributed by atoms with E-state index >= 15 is 0 Å². The molecule has 4 heteroatoms. The van der Waals surface area contributed by atoms with Gasteiger partial charge in [-0.15, -0.1) is 0 Å². The van der Waals surface area contributed by atoms with Crippen molar-refractivity contribution in [3.8, 4) is 0 Å². The lowest BCUT2D eigenvalue weighted by Gasteiger charge is -2.36. The predicted octanol–water partition coefficient (Wildman–Crippen LogP) is 3.00. The van der Waals surface area contributed by atoms with Gasteiger partial charge in [0.25, 0.3) is 0 Å². The summed E-state index contributed by atoms with van der Waals surface area (Å²) in [5.74, 6) is 0.0125. The van der Waals surface area contributed by atoms with Crippen LogP contribution >= 0.6 is 0 Å². The van der Waals surface area contributed by atoms with Gasteiger partial charge < -0.3 is 16.0 Å². The highest BCUT2D eigenvalue weighted by atomic mass is 16.1. The van der Waals surface area contributed by atoms with Gasteiger partial charge in [-0.25, -0.2) is 0 Å². The molecule has 0 radical (unpaired) electrons. The molecule has 0 aromatic heterocycles. The number of amides is 1. The van der Waals surface area contributed by atoms with E-state index in [1.54, 1.807) is 0 Å². The summed E-state index contributed by atoms with van der Waals surface area (Å²) in [7, 11) is 0. The van der Waals surface area contributed by atoms with Crippen molar-refractivity contribution in [2.45, 2.75) is 45.6 Å². The van der Waals surface area contributed by atoms with E-state index in [2.05, 4.69) is 17.1 Å². The van der Waals surface area contributed by atoms with Gasteiger partial charge in [-0.05, 0) is 44.4 Å². The smallest absolute Gasteiger partial charge is 0.224 e. The second kappa shape index (κ2) is 5.95. The zero-order valence-electron chi connectivity index (χ0n) is 11.8. The molecule has 1 fully saturated rings. The molecule has 2 rings (SSSR count). The number of hydrogen-bond acceptors (Lipinski definition) is 3. The summed E-state index contributed by atoms with van der Waals surface area (Å²) >= 11 is 0. The molecule has 1 amide bonds. The maximum absolute atomic E-state index is 11.4. The first-order chi connectivity index (χ1) is 9.11. The van der Waals surface area contributed by atoms with Gasteiger partial charge in [-0.1, -0.05) is 6.92 Å². The quantitative estimate of drug-likeness (QED) is 0.822. The van der Waals surface area contributed by atoms with Gasteiger partial charge in [-0.2, -0.15) is 0 Å². The van der Waals surface area contributed by atoms with Crippen molar-refractivity contribution in [3.63, 3.8) is 0 Å². The average molecular weight is 261 g/mol. The second-order valence-electron chi connectivity index (χ2n) is 5.21. The van der Waals surface area contributed by atoms with Crippen molar-refractivity contribution in [2.24, 2.45) is 0 Å². The molecule has 0 unspecified atom stereocenters. The first-order valence-corrected chi connectivity index (χ1v) is 7.08. The monoisotopic (exact) mass is 261 g/mol. The summed E-state index contributed by atoms with van der Waals surface area (Å²) in [5, 5.41) is 2.84. The molecular formula is C15H23N3O. The molecule has 1 saturated heterocycles. The van der Waals surface area contributed by atoms with Crippen LogP contribution in [-0.4, -0.2) is 18.5 Å². The Morgan fingerprint density at radius 2 is 2.26 bits per heavy atom. The number of hydrogen-bond donors (Lipinski definition) is 2. The van der Waals surface area contributed by atoms with Crippen molar-refractivity contribution in [2.75, 3.05) is 22.5 Å². The number of nitrogens with one attached hydrogen (secondary N) is 1. The lowest BCUT2D eigenvalue weighted by Crippen LogP contribution is -2.37. The summed E-state index contributed by atoms with van der Waals surface area (Å²) in [5.41, 5.74) is 8.74. The highest BCUT2D eigenvalue weighted by Crippen LogP contribution is 2.31. The minimum Gasteiger partial charge on any atom is -0.397 e. The van der Waals surface area contributed by atoms with Gasteiger partial charge in [-0.3, -0.25) is 4.79 Å². The summed E-state index contributed by atoms with van der Waals surface area (Å²) in [6, 6.07) is 6.33. The fourth-order valence-corrected chi connectivity index (χ4v) is 2.60. The van der Waals surface area contributed by atoms with Crippen LogP contribution in [0.3, 0.4) is 0 Å². The van der Waals surface area contributed by atoms with Crippen molar-refractivity contribution in [1.82, 2.24) is 0 Å². The van der Waals surface area contributed by atoms with E-state index in [0.717, 1.165) is 23.6 Å². The molecule has 1 atom stereocenters. The predicted molar refractivity (Wildman–Crippen MR) is 80.4 cm³/mol. The SMILES string of the molecule is CCC(=O)Nc1ccc(N2CCCC[C@H]2C)c(N)c1. The van der Waals surface area contributed by atoms with Crippen molar-refractivity contribution >= 4 is 23.0 Å². The summed E-state index contributed by atoms with van der Waals surface area (Å²) in [4.78, 5) is 13.7. The van der Waals surface area contributed by atoms with E-state index in [1.807, 2.05) is 25.1 Å². The van der Waals surface area contributed by atoms with Gasteiger partial charge in [0.05, 0.1) is 11.4 Å². The fourth-order valence-electron chi connectivity index (χ4n) is 2.60. The van der Waals surface area contributed by atoms with Crippen LogP contribution in [0.15, 0.2) is 18.2 Å². The van der Waals surface area contributed by atoms with E-state index < -0.39 is 0 Å². The molecular weight excluding hydrogens is 238 g/mol. The van der Waals surface area contributed by atoms with Crippen LogP contribution in [0.1, 0.15) is 39.5 Å². The number of nitrogens with two attached hydrogens (primary N) is 1. The number of carbonyl (C=O) groups is 1. The molecule has 0 aliphatic carbocycles. The van der Waals surface area contributed by atoms with E-state index in [-0.39, 0.29) is 5.91 Å². The van der Waals surface area contributed by atoms with Gasteiger partial charge in [0.2, 0.25) is 5.91 Å². The van der Waals surface area contributed by atoms with E-state index in [4.69, 9.17) is 5.73 Å². The minimum atomic E-state index is 0.0125. The Balaban J connectivity index is 2.16. The molecule has 1 aliphatic rings. The Hall–Kier alpha value is -1.71. The van der Waals surface area contributed by atoms with Crippen LogP contribution < -0.4 is 16.0 Å². The highest BCUT2D eigenvalue weighted by molar-refractivity contribution is 5.91. The molecule has 3 N–H and O–H groups in total. The van der Waals surface area contributed by atoms with E-state index in [1.165, 1.54) is 19.3 Å². The number of nitrogens with zero attached hydrogens (tertiary/aromatic N) is 1. The van der Waals surface area contributed by atoms with Gasteiger partial charge in [0, 0.05) is 24.7 Å². The lowest BCUT2D eigenvalue weighted by molar-refractivity contribution is -0.115. The van der Waals surface area contributed by atoms with Crippen LogP contribution in [0.4, 0.5) is 17.1 Å². The highest BCUT2D eigenvalue weighted by Gasteiger charge is 2.20. The molecule has 0 bridgehead atoms. The zero-order chi connectivity index (χ0) is 13.8. The van der Waals surface area contributed by atoms with Gasteiger partial charge >= 0.3 is 0 Å². The van der Waals surface area contributed by atoms with Gasteiger partial charge in [0.1, 0.15) is 0 Å². The summed E-state index contributed by atoms with van der Waals surface area (Å²) in [6.45, 7) is 5.14. The molecule has 1 aliphatic heterocycles. The maximum Gasteiger partial charge on any atom is 0.224 e. The number of anilines is 3. The Bertz CT molecular complexity index is 459. The second-order valence-corrected chi connectivity index (χ2v) is 5.21. The standard InChI is InChI=1S/C15H23N3O/c1-3-15(19)17-12-7-8-14(13(16)10-12)18-9-5-4-6-11(18)2/h7-8,10-11H,3-6,9,16H2,1-2H3,(H,17,19)/t11-/m1/s1. The van der Waals surface area contributed by atoms with Crippen LogP contribution in [-0.2, 0) is 4.79 Å². The van der Waals surface area contributed by atoms with E-state index in [0.29, 0.717) is 12.5 Å². The molecule has 4 nitrogen and oxygen atoms in total. The number of piperidine rings is 1. The third-order valence-corrected chi connectivity index (χ3v) is 3.74. The molecule has 104 valence electrons. The summed E-state index contributed by atoms with van der Waals surface area (Å²) in [6.07, 6.45) is 4.21. The molecule has 1 aromatic carbocycles. The summed E-state index contributed by atoms with van der Waals surface area (Å²) < 4.78 is 0. The first-order valence-electron chi connectivity index (χ1n) is 7.08. The average Bonchev–Trinajstić information content (AvgIpc) is 2.40. The Labute approximate surface area is 115 Å². The molecule has 1 heterocycles. The van der Waals surface area contributed by atoms with Gasteiger partial charge in [0.15, 0.2) is 0 Å². The minimum absolute atomic E-state index is 0.0125. The molecule has 19 heavy (non-hydrogen) atoms. The Morgan fingerprint density at radius 3 is 2.89 bits per heavy atom. The largest absolute Gasteiger partial charge is 0.397 e. The molecule has 0 saturated carbocycles. The third-order valence-electron chi connectivity index (χ3n) is 3.74. The van der Waals surface area contributed by atoms with Crippen LogP contribution in [0, 0.1) is 0 Å². The third kappa shape index (κ3) is 3.19. The van der Waals surface area contributed by atoms with E-state index in [9.17, 15) is 4.79 Å². The topological polar surface area (TPSA) is 58.4 Å². The number of nitrogen functional groups attached to an aromatic ring is 1. The van der Waals surface area contributed by atoms with Crippen molar-refractivity contribution < 1.29 is 4.79 Å². The normalized spacial score (nSPS) is 19.3. The van der Waals surface area contributed by atoms with Crippen LogP contribution in [0.2, 0.25) is 0 Å². The van der Waals surface area contributed by atoms with Crippen molar-refractivity contribution in [3.05, 3.63) is 18.2 Å². The van der Waals surface area contributed by atoms with Crippen molar-refractivity contribution in [1.29, 1.82) is 0 Å².